The molecule has 14 nitrogen and oxygen atoms in total. The average molecular weight is 1670 g/mol. The molecule has 2 aliphatic heterocycles. The number of aromatic nitrogens is 1. The van der Waals surface area contributed by atoms with Gasteiger partial charge in [-0.25, -0.2) is 10.6 Å². The van der Waals surface area contributed by atoms with Gasteiger partial charge in [0, 0.05) is 41.9 Å². The van der Waals surface area contributed by atoms with E-state index in [0.29, 0.717) is 72.3 Å². The number of nitrogens with two attached hydrogens (primary N) is 4. The molecule has 119 heavy (non-hydrogen) atoms. The van der Waals surface area contributed by atoms with Crippen molar-refractivity contribution in [3.8, 4) is 5.75 Å². The molecule has 0 radical (unpaired) electrons. The minimum atomic E-state index is -0.975. The SMILES string of the molecule is C.C.CC(C)(C)CC(=O)[O-].CC(C)(C)CC1=C[NH+]=C[NH2+]1.CC(C)(C)CC1=C[NH+]=C[NH2+]1.CC(C)(C)CCC(=O)[O-].CC(C)(C)CCCC[NH3+].CC(C)(C)CCC[NH+]=C(N)N.CC(C)(C)Cc1c[nH]c2ccccc12.CC(C)(C)Cc1ccc(O)cc1.CC(C)(C)Cc1ccccc1.CC(C)C(C)(C)C.CC(C)CC(C)(C)C.CCC(C)C(C)(C)C. The van der Waals surface area contributed by atoms with Gasteiger partial charge in [0.15, 0.2) is 11.4 Å². The van der Waals surface area contributed by atoms with E-state index in [-0.39, 0.29) is 38.5 Å². The van der Waals surface area contributed by atoms with Crippen LogP contribution < -0.4 is 53.0 Å². The fourth-order valence-electron chi connectivity index (χ4n) is 10.9. The number of carboxylic acids is 2. The molecule has 1 unspecified atom stereocenters. The Kier molecular flexibility index (Phi) is 67.0. The zero-order chi connectivity index (χ0) is 93.1. The largest absolute Gasteiger partial charge is 0.550 e. The van der Waals surface area contributed by atoms with Crippen LogP contribution >= 0.6 is 0 Å². The van der Waals surface area contributed by atoms with Crippen molar-refractivity contribution < 1.29 is 56.3 Å². The molecule has 1 aromatic heterocycles. The number of unbranched alkanes of at least 4 members (excludes halogenated alkanes) is 1. The predicted molar refractivity (Wildman–Crippen MR) is 522 cm³/mol. The number of para-hydroxylation sites is 1. The molecule has 4 aromatic rings. The number of guanidine groups is 1. The van der Waals surface area contributed by atoms with E-state index in [1.165, 1.54) is 77.5 Å². The topological polar surface area (TPSA) is 271 Å². The lowest BCUT2D eigenvalue weighted by Crippen LogP contribution is -2.84. The van der Waals surface area contributed by atoms with Crippen LogP contribution in [0.3, 0.4) is 0 Å². The van der Waals surface area contributed by atoms with Gasteiger partial charge in [0.2, 0.25) is 12.4 Å². The number of aromatic amines is 1. The third kappa shape index (κ3) is 102. The van der Waals surface area contributed by atoms with Gasteiger partial charge >= 0.3 is 18.6 Å². The summed E-state index contributed by atoms with van der Waals surface area (Å²) in [6, 6.07) is 26.5. The maximum atomic E-state index is 9.93. The molecular weight excluding hydrogens is 1470 g/mol. The smallest absolute Gasteiger partial charge is 0.338 e. The number of H-pyrrole nitrogens is 1. The first-order chi connectivity index (χ1) is 52.4. The van der Waals surface area contributed by atoms with Crippen LogP contribution in [0.2, 0.25) is 0 Å². The number of aliphatic carboxylic acids is 2. The highest BCUT2D eigenvalue weighted by molar-refractivity contribution is 5.83. The summed E-state index contributed by atoms with van der Waals surface area (Å²) in [7, 11) is 0. The van der Waals surface area contributed by atoms with Crippen molar-refractivity contribution in [2.24, 2.45) is 94.2 Å². The number of carbonyl (C=O) groups excluding carboxylic acids is 2. The Labute approximate surface area is 739 Å². The van der Waals surface area contributed by atoms with E-state index in [1.54, 1.807) is 12.1 Å². The van der Waals surface area contributed by atoms with Gasteiger partial charge in [-0.2, -0.15) is 9.98 Å². The maximum absolute atomic E-state index is 9.93. The molecule has 0 bridgehead atoms. The summed E-state index contributed by atoms with van der Waals surface area (Å²) in [6.45, 7) is 95.0. The number of aromatic hydroxyl groups is 1. The van der Waals surface area contributed by atoms with Crippen LogP contribution in [0.1, 0.15) is 399 Å². The van der Waals surface area contributed by atoms with Gasteiger partial charge in [-0.15, -0.1) is 0 Å². The molecule has 16 N–H and O–H groups in total. The van der Waals surface area contributed by atoms with Gasteiger partial charge in [0.1, 0.15) is 5.75 Å². The summed E-state index contributed by atoms with van der Waals surface area (Å²) >= 11 is 0. The van der Waals surface area contributed by atoms with E-state index in [0.717, 1.165) is 69.4 Å². The average Bonchev–Trinajstić information content (AvgIpc) is 1.68. The summed E-state index contributed by atoms with van der Waals surface area (Å²) in [5.41, 5.74) is 26.7. The third-order valence-corrected chi connectivity index (χ3v) is 17.9. The monoisotopic (exact) mass is 1670 g/mol. The number of rotatable bonds is 16. The number of quaternary nitrogens is 3. The highest BCUT2D eigenvalue weighted by Crippen LogP contribution is 2.31. The van der Waals surface area contributed by atoms with Crippen LogP contribution in [0.25, 0.3) is 10.9 Å². The number of carbonyl (C=O) groups is 2. The molecule has 6 rings (SSSR count). The van der Waals surface area contributed by atoms with Crippen LogP contribution in [-0.4, -0.2) is 53.8 Å². The normalized spacial score (nSPS) is 12.9. The Balaban J connectivity index is -0.000000189. The van der Waals surface area contributed by atoms with Crippen molar-refractivity contribution in [1.29, 1.82) is 0 Å². The number of benzene rings is 3. The number of hydrogen-bond donors (Lipinski definition) is 10. The van der Waals surface area contributed by atoms with Gasteiger partial charge in [0.05, 0.1) is 13.1 Å². The number of phenols is 1. The molecule has 3 aromatic carbocycles. The summed E-state index contributed by atoms with van der Waals surface area (Å²) < 4.78 is 0. The molecular formula is C105H205N9O5+4. The van der Waals surface area contributed by atoms with Crippen LogP contribution in [0.15, 0.2) is 109 Å². The van der Waals surface area contributed by atoms with E-state index < -0.39 is 11.9 Å². The van der Waals surface area contributed by atoms with Gasteiger partial charge in [-0.05, 0) is 195 Å². The quantitative estimate of drug-likeness (QED) is 0.0294. The van der Waals surface area contributed by atoms with Gasteiger partial charge in [0.25, 0.3) is 0 Å². The summed E-state index contributed by atoms with van der Waals surface area (Å²) in [5, 5.41) is 34.5. The molecule has 0 aliphatic carbocycles. The van der Waals surface area contributed by atoms with E-state index in [4.69, 9.17) is 16.6 Å². The number of allylic oxidation sites excluding steroid dienone is 2. The Bertz CT molecular complexity index is 3250. The van der Waals surface area contributed by atoms with E-state index >= 15 is 0 Å². The zero-order valence-corrected chi connectivity index (χ0v) is 84.7. The lowest BCUT2D eigenvalue weighted by Gasteiger charge is -2.25. The number of phenolic OH excluding ortho intramolecular Hbond substituents is 1. The lowest BCUT2D eigenvalue weighted by atomic mass is 9.81. The fraction of sp³-hybridized carbons (Fsp3) is 0.724. The summed E-state index contributed by atoms with van der Waals surface area (Å²) in [6.07, 6.45) is 25.7. The minimum absolute atomic E-state index is 0. The molecule has 0 saturated carbocycles. The van der Waals surface area contributed by atoms with Gasteiger partial charge in [-0.1, -0.05) is 373 Å². The first kappa shape index (κ1) is 128. The molecule has 14 heteroatoms. The number of fused-ring (bicyclic) bond motifs is 1. The Morgan fingerprint density at radius 1 is 0.471 bits per heavy atom. The first-order valence-corrected chi connectivity index (χ1v) is 44.3. The Hall–Kier alpha value is -6.09. The molecule has 3 heterocycles. The predicted octanol–water partition coefficient (Wildman–Crippen LogP) is 19.4. The molecule has 1 atom stereocenters. The van der Waals surface area contributed by atoms with E-state index in [9.17, 15) is 19.8 Å². The first-order valence-electron chi connectivity index (χ1n) is 44.3. The van der Waals surface area contributed by atoms with Crippen LogP contribution in [-0.2, 0) is 28.9 Å². The number of nitrogens with one attached hydrogen (secondary N) is 4. The van der Waals surface area contributed by atoms with Crippen LogP contribution in [0, 0.1) is 82.7 Å². The Morgan fingerprint density at radius 2 is 0.849 bits per heavy atom. The number of carboxylic acid groups (broad SMARTS) is 2. The van der Waals surface area contributed by atoms with Crippen molar-refractivity contribution in [2.45, 2.75) is 402 Å². The van der Waals surface area contributed by atoms with Crippen molar-refractivity contribution in [2.75, 3.05) is 13.1 Å². The van der Waals surface area contributed by atoms with Gasteiger partial charge in [-0.3, -0.25) is 16.5 Å². The second kappa shape index (κ2) is 62.1. The van der Waals surface area contributed by atoms with Crippen molar-refractivity contribution in [3.05, 3.63) is 126 Å². The summed E-state index contributed by atoms with van der Waals surface area (Å²) in [5.74, 6) is 1.22. The van der Waals surface area contributed by atoms with Crippen molar-refractivity contribution >= 4 is 41.5 Å². The third-order valence-electron chi connectivity index (χ3n) is 17.9. The molecule has 696 valence electrons. The molecule has 0 amide bonds. The highest BCUT2D eigenvalue weighted by Gasteiger charge is 2.23. The van der Waals surface area contributed by atoms with Crippen molar-refractivity contribution in [1.82, 2.24) is 4.98 Å². The standard InChI is InChI=1S/C13H17N.C11H16O.C11H16.C8H19N3.2C8H14N2.C8H19N.2C8H18.C7H14O2.C7H16.C6H12O2.2CH4/c1-13(2,3)8-10-9-14-12-7-5-4-6-11(10)12;1-11(2,3)8-9-4-6-10(12)7-5-9;1-11(2,3)9-10-7-5-4-6-8-10;1-8(2,3)5-4-6-11-7(9)10;2*1-8(2,3)4-7-5-9-6-10-7;1-8(2,3)6-4-5-7-9;1-7(2)6-8(3,4)5;1-6-7(2)8(3,4)5;1-7(2,3)5-4-6(8)9;1-6(2)7(3,4)5;1-6(2,3)4-5(7)8;;/h4-7,9,14H,8H2,1-3H3;4-7,12H,8H2,1-3H3;4-8H,9H2,1-3H3;4-6H2,1-3H3,(H4,9,10,11);2*5-6H,4H2,1-3H3,(H,9,10);4-7,9H2,1-3H3;2*7H,6H2,1-5H3;4-5H2,1-3H3,(H,8,9);6H,1-5H3;4H2,1-3H3,(H,7,8);2*1H4/p+4. The van der Waals surface area contributed by atoms with E-state index in [1.807, 2.05) is 66.4 Å². The van der Waals surface area contributed by atoms with Gasteiger partial charge < -0.3 is 35.6 Å². The van der Waals surface area contributed by atoms with E-state index in [2.05, 4.69) is 359 Å². The molecule has 2 aliphatic rings. The lowest BCUT2D eigenvalue weighted by molar-refractivity contribution is -0.506. The second-order valence-corrected chi connectivity index (χ2v) is 47.5. The Morgan fingerprint density at radius 3 is 1.11 bits per heavy atom. The maximum Gasteiger partial charge on any atom is 0.338 e. The highest BCUT2D eigenvalue weighted by atomic mass is 16.4. The van der Waals surface area contributed by atoms with Crippen LogP contribution in [0.5, 0.6) is 5.75 Å². The fourth-order valence-corrected chi connectivity index (χ4v) is 10.9. The van der Waals surface area contributed by atoms with Crippen molar-refractivity contribution in [3.63, 3.8) is 0 Å². The number of hydrogen-bond acceptors (Lipinski definition) is 5. The molecule has 0 saturated heterocycles. The summed E-state index contributed by atoms with van der Waals surface area (Å²) in [4.78, 5) is 32.1. The molecule has 0 spiro atoms. The zero-order valence-electron chi connectivity index (χ0n) is 84.7. The minimum Gasteiger partial charge on any atom is -0.550 e. The molecule has 0 fully saturated rings. The van der Waals surface area contributed by atoms with Crippen LogP contribution in [0.4, 0.5) is 0 Å². The second-order valence-electron chi connectivity index (χ2n) is 47.5.